The summed E-state index contributed by atoms with van der Waals surface area (Å²) >= 11 is 5.90. The summed E-state index contributed by atoms with van der Waals surface area (Å²) in [5.74, 6) is 0.903. The van der Waals surface area contributed by atoms with Gasteiger partial charge in [0.25, 0.3) is 0 Å². The molecule has 23 heavy (non-hydrogen) atoms. The van der Waals surface area contributed by atoms with Gasteiger partial charge >= 0.3 is 0 Å². The summed E-state index contributed by atoms with van der Waals surface area (Å²) in [5.41, 5.74) is 1.40. The van der Waals surface area contributed by atoms with Crippen LogP contribution in [0.4, 0.5) is 0 Å². The minimum atomic E-state index is 0.622. The molecule has 1 saturated heterocycles. The highest BCUT2D eigenvalue weighted by Gasteiger charge is 2.22. The van der Waals surface area contributed by atoms with Gasteiger partial charge in [0, 0.05) is 17.6 Å². The Morgan fingerprint density at radius 1 is 1.00 bits per heavy atom. The van der Waals surface area contributed by atoms with Crippen molar-refractivity contribution >= 4 is 11.6 Å². The van der Waals surface area contributed by atoms with Gasteiger partial charge < -0.3 is 4.74 Å². The van der Waals surface area contributed by atoms with Gasteiger partial charge in [0.1, 0.15) is 5.75 Å². The zero-order valence-corrected chi connectivity index (χ0v) is 14.2. The van der Waals surface area contributed by atoms with Crippen LogP contribution in [0.1, 0.15) is 31.2 Å². The first kappa shape index (κ1) is 16.4. The highest BCUT2D eigenvalue weighted by molar-refractivity contribution is 6.30. The predicted octanol–water partition coefficient (Wildman–Crippen LogP) is 5.16. The first-order valence-electron chi connectivity index (χ1n) is 8.47. The lowest BCUT2D eigenvalue weighted by Gasteiger charge is -2.35. The van der Waals surface area contributed by atoms with Crippen molar-refractivity contribution in [2.75, 3.05) is 13.2 Å². The Labute approximate surface area is 144 Å². The molecule has 122 valence electrons. The second-order valence-corrected chi connectivity index (χ2v) is 6.63. The standard InChI is InChI=1S/C20H24ClNO/c21-18-9-11-20(12-10-18)23-15-13-19-8-4-5-14-22(19)16-17-6-2-1-3-7-17/h1-3,6-7,9-12,19H,4-5,8,13-16H2. The first-order chi connectivity index (χ1) is 11.3. The van der Waals surface area contributed by atoms with E-state index in [-0.39, 0.29) is 0 Å². The molecular weight excluding hydrogens is 306 g/mol. The number of hydrogen-bond donors (Lipinski definition) is 0. The molecule has 0 aliphatic carbocycles. The maximum Gasteiger partial charge on any atom is 0.119 e. The molecule has 1 atom stereocenters. The summed E-state index contributed by atoms with van der Waals surface area (Å²) in [6, 6.07) is 19.0. The highest BCUT2D eigenvalue weighted by atomic mass is 35.5. The molecule has 1 aliphatic heterocycles. The Kier molecular flexibility index (Phi) is 5.95. The molecule has 2 aromatic carbocycles. The predicted molar refractivity (Wildman–Crippen MR) is 96.1 cm³/mol. The second-order valence-electron chi connectivity index (χ2n) is 6.20. The van der Waals surface area contributed by atoms with Gasteiger partial charge in [-0.1, -0.05) is 48.4 Å². The summed E-state index contributed by atoms with van der Waals surface area (Å²) in [5, 5.41) is 0.749. The number of hydrogen-bond acceptors (Lipinski definition) is 2. The van der Waals surface area contributed by atoms with Crippen molar-refractivity contribution in [3.05, 3.63) is 65.2 Å². The number of halogens is 1. The van der Waals surface area contributed by atoms with Gasteiger partial charge in [-0.3, -0.25) is 4.90 Å². The largest absolute Gasteiger partial charge is 0.494 e. The van der Waals surface area contributed by atoms with Crippen molar-refractivity contribution in [3.63, 3.8) is 0 Å². The molecule has 2 aromatic rings. The number of rotatable bonds is 6. The van der Waals surface area contributed by atoms with Crippen LogP contribution in [0.5, 0.6) is 5.75 Å². The molecule has 3 rings (SSSR count). The van der Waals surface area contributed by atoms with Gasteiger partial charge in [-0.15, -0.1) is 0 Å². The third-order valence-electron chi connectivity index (χ3n) is 4.51. The zero-order valence-electron chi connectivity index (χ0n) is 13.5. The molecule has 0 radical (unpaired) electrons. The molecule has 0 N–H and O–H groups in total. The van der Waals surface area contributed by atoms with E-state index in [0.717, 1.165) is 30.3 Å². The maximum atomic E-state index is 5.90. The van der Waals surface area contributed by atoms with Crippen LogP contribution in [-0.4, -0.2) is 24.1 Å². The van der Waals surface area contributed by atoms with Crippen LogP contribution in [0.25, 0.3) is 0 Å². The summed E-state index contributed by atoms with van der Waals surface area (Å²) in [6.07, 6.45) is 4.99. The van der Waals surface area contributed by atoms with E-state index in [2.05, 4.69) is 35.2 Å². The minimum absolute atomic E-state index is 0.622. The molecular formula is C20H24ClNO. The van der Waals surface area contributed by atoms with E-state index in [4.69, 9.17) is 16.3 Å². The monoisotopic (exact) mass is 329 g/mol. The smallest absolute Gasteiger partial charge is 0.119 e. The minimum Gasteiger partial charge on any atom is -0.494 e. The van der Waals surface area contributed by atoms with E-state index in [1.165, 1.54) is 31.4 Å². The Bertz CT molecular complexity index is 584. The van der Waals surface area contributed by atoms with Crippen molar-refractivity contribution < 1.29 is 4.74 Å². The number of piperidine rings is 1. The lowest BCUT2D eigenvalue weighted by Crippen LogP contribution is -2.39. The Balaban J connectivity index is 1.51. The van der Waals surface area contributed by atoms with Crippen LogP contribution in [0.15, 0.2) is 54.6 Å². The highest BCUT2D eigenvalue weighted by Crippen LogP contribution is 2.23. The molecule has 1 unspecified atom stereocenters. The summed E-state index contributed by atoms with van der Waals surface area (Å²) in [4.78, 5) is 2.62. The average Bonchev–Trinajstić information content (AvgIpc) is 2.59. The fourth-order valence-corrected chi connectivity index (χ4v) is 3.38. The molecule has 1 fully saturated rings. The van der Waals surface area contributed by atoms with E-state index in [9.17, 15) is 0 Å². The van der Waals surface area contributed by atoms with Crippen LogP contribution in [0.2, 0.25) is 5.02 Å². The maximum absolute atomic E-state index is 5.90. The first-order valence-corrected chi connectivity index (χ1v) is 8.85. The van der Waals surface area contributed by atoms with Crippen molar-refractivity contribution in [2.24, 2.45) is 0 Å². The number of nitrogens with zero attached hydrogens (tertiary/aromatic N) is 1. The SMILES string of the molecule is Clc1ccc(OCCC2CCCCN2Cc2ccccc2)cc1. The van der Waals surface area contributed by atoms with Crippen LogP contribution in [0.3, 0.4) is 0 Å². The molecule has 0 aromatic heterocycles. The Hall–Kier alpha value is -1.51. The molecule has 1 heterocycles. The molecule has 0 spiro atoms. The van der Waals surface area contributed by atoms with Crippen LogP contribution in [-0.2, 0) is 6.54 Å². The zero-order chi connectivity index (χ0) is 15.9. The molecule has 0 saturated carbocycles. The lowest BCUT2D eigenvalue weighted by atomic mass is 9.99. The fourth-order valence-electron chi connectivity index (χ4n) is 3.26. The third kappa shape index (κ3) is 4.98. The van der Waals surface area contributed by atoms with Crippen LogP contribution in [0, 0.1) is 0 Å². The van der Waals surface area contributed by atoms with E-state index in [0.29, 0.717) is 6.04 Å². The Morgan fingerprint density at radius 2 is 1.78 bits per heavy atom. The quantitative estimate of drug-likeness (QED) is 0.725. The third-order valence-corrected chi connectivity index (χ3v) is 4.76. The lowest BCUT2D eigenvalue weighted by molar-refractivity contribution is 0.116. The summed E-state index contributed by atoms with van der Waals surface area (Å²) < 4.78 is 5.88. The van der Waals surface area contributed by atoms with E-state index in [1.54, 1.807) is 0 Å². The van der Waals surface area contributed by atoms with Gasteiger partial charge in [0.2, 0.25) is 0 Å². The van der Waals surface area contributed by atoms with Gasteiger partial charge in [-0.2, -0.15) is 0 Å². The van der Waals surface area contributed by atoms with Crippen molar-refractivity contribution in [3.8, 4) is 5.75 Å². The molecule has 3 heteroatoms. The summed E-state index contributed by atoms with van der Waals surface area (Å²) in [6.45, 7) is 3.00. The number of benzene rings is 2. The molecule has 1 aliphatic rings. The second kappa shape index (κ2) is 8.37. The van der Waals surface area contributed by atoms with Gasteiger partial charge in [-0.05, 0) is 55.6 Å². The Morgan fingerprint density at radius 3 is 2.57 bits per heavy atom. The fraction of sp³-hybridized carbons (Fsp3) is 0.400. The average molecular weight is 330 g/mol. The van der Waals surface area contributed by atoms with Gasteiger partial charge in [0.15, 0.2) is 0 Å². The van der Waals surface area contributed by atoms with E-state index >= 15 is 0 Å². The van der Waals surface area contributed by atoms with Crippen molar-refractivity contribution in [1.29, 1.82) is 0 Å². The van der Waals surface area contributed by atoms with E-state index < -0.39 is 0 Å². The van der Waals surface area contributed by atoms with E-state index in [1.807, 2.05) is 24.3 Å². The normalized spacial score (nSPS) is 18.7. The van der Waals surface area contributed by atoms with Crippen LogP contribution >= 0.6 is 11.6 Å². The van der Waals surface area contributed by atoms with Gasteiger partial charge in [-0.25, -0.2) is 0 Å². The molecule has 0 bridgehead atoms. The number of ether oxygens (including phenoxy) is 1. The molecule has 0 amide bonds. The van der Waals surface area contributed by atoms with Crippen LogP contribution < -0.4 is 4.74 Å². The molecule has 2 nitrogen and oxygen atoms in total. The number of likely N-dealkylation sites (tertiary alicyclic amines) is 1. The summed E-state index contributed by atoms with van der Waals surface area (Å²) in [7, 11) is 0. The van der Waals surface area contributed by atoms with Crippen molar-refractivity contribution in [1.82, 2.24) is 4.90 Å². The van der Waals surface area contributed by atoms with Crippen molar-refractivity contribution in [2.45, 2.75) is 38.3 Å². The topological polar surface area (TPSA) is 12.5 Å². The van der Waals surface area contributed by atoms with Gasteiger partial charge in [0.05, 0.1) is 6.61 Å².